The van der Waals surface area contributed by atoms with Gasteiger partial charge < -0.3 is 15.8 Å². The fourth-order valence-electron chi connectivity index (χ4n) is 3.84. The van der Waals surface area contributed by atoms with Crippen LogP contribution in [0.1, 0.15) is 11.1 Å². The van der Waals surface area contributed by atoms with Crippen LogP contribution in [0.4, 0.5) is 4.79 Å². The maximum Gasteiger partial charge on any atom is 0.326 e. The monoisotopic (exact) mass is 394 g/mol. The molecule has 0 radical (unpaired) electrons. The lowest BCUT2D eigenvalue weighted by atomic mass is 9.83. The van der Waals surface area contributed by atoms with E-state index in [-0.39, 0.29) is 19.1 Å². The number of nitrogens with zero attached hydrogens (tertiary/aromatic N) is 2. The van der Waals surface area contributed by atoms with Crippen molar-refractivity contribution in [2.45, 2.75) is 11.6 Å². The third kappa shape index (κ3) is 3.37. The molecule has 2 aromatic rings. The van der Waals surface area contributed by atoms with Crippen LogP contribution in [0.3, 0.4) is 0 Å². The number of imide groups is 1. The fraction of sp³-hybridized carbons (Fsp3) is 0.286. The van der Waals surface area contributed by atoms with Gasteiger partial charge in [0.15, 0.2) is 5.54 Å². The predicted molar refractivity (Wildman–Crippen MR) is 104 cm³/mol. The maximum atomic E-state index is 13.6. The number of nitrogens with two attached hydrogens (primary N) is 1. The number of benzene rings is 2. The highest BCUT2D eigenvalue weighted by Gasteiger charge is 2.54. The van der Waals surface area contributed by atoms with Crippen LogP contribution < -0.4 is 11.1 Å². The molecule has 0 bridgehead atoms. The zero-order valence-electron chi connectivity index (χ0n) is 15.8. The van der Waals surface area contributed by atoms with E-state index in [4.69, 9.17) is 10.5 Å². The predicted octanol–water partition coefficient (Wildman–Crippen LogP) is 0.626. The van der Waals surface area contributed by atoms with Gasteiger partial charge in [-0.2, -0.15) is 0 Å². The molecule has 2 aliphatic heterocycles. The van der Waals surface area contributed by atoms with E-state index in [9.17, 15) is 14.4 Å². The molecule has 4 rings (SSSR count). The van der Waals surface area contributed by atoms with Crippen LogP contribution in [0.5, 0.6) is 0 Å². The molecule has 150 valence electrons. The van der Waals surface area contributed by atoms with E-state index in [1.54, 1.807) is 0 Å². The number of carbonyl (C=O) groups is 3. The minimum atomic E-state index is -1.30. The second kappa shape index (κ2) is 7.65. The summed E-state index contributed by atoms with van der Waals surface area (Å²) in [7, 11) is 0. The summed E-state index contributed by atoms with van der Waals surface area (Å²) in [6.45, 7) is 1.08. The topological polar surface area (TPSA) is 105 Å². The number of rotatable bonds is 5. The number of hydrogen-bond donors (Lipinski definition) is 2. The number of morpholine rings is 1. The lowest BCUT2D eigenvalue weighted by Crippen LogP contribution is -2.53. The Labute approximate surface area is 168 Å². The molecule has 2 heterocycles. The van der Waals surface area contributed by atoms with Crippen LogP contribution in [0.2, 0.25) is 0 Å². The SMILES string of the molecule is NC(=O)[C@@H]1CN(CN2C(=O)NC(c3ccccc3)(c3ccccc3)C2=O)CCO1. The van der Waals surface area contributed by atoms with Crippen molar-refractivity contribution in [2.75, 3.05) is 26.4 Å². The summed E-state index contributed by atoms with van der Waals surface area (Å²) >= 11 is 0. The molecule has 8 nitrogen and oxygen atoms in total. The molecule has 0 spiro atoms. The minimum absolute atomic E-state index is 0.0548. The Morgan fingerprint density at radius 3 is 2.21 bits per heavy atom. The number of carbonyl (C=O) groups excluding carboxylic acids is 3. The Bertz CT molecular complexity index is 879. The van der Waals surface area contributed by atoms with Crippen molar-refractivity contribution in [2.24, 2.45) is 5.73 Å². The van der Waals surface area contributed by atoms with Gasteiger partial charge in [-0.15, -0.1) is 0 Å². The van der Waals surface area contributed by atoms with Crippen molar-refractivity contribution < 1.29 is 19.1 Å². The molecule has 0 saturated carbocycles. The minimum Gasteiger partial charge on any atom is -0.367 e. The molecule has 2 aliphatic rings. The molecule has 0 aliphatic carbocycles. The normalized spacial score (nSPS) is 21.8. The first kappa shape index (κ1) is 19.1. The average Bonchev–Trinajstić information content (AvgIpc) is 3.01. The van der Waals surface area contributed by atoms with Gasteiger partial charge in [0.2, 0.25) is 5.91 Å². The van der Waals surface area contributed by atoms with Gasteiger partial charge >= 0.3 is 6.03 Å². The van der Waals surface area contributed by atoms with E-state index in [0.717, 1.165) is 0 Å². The van der Waals surface area contributed by atoms with Gasteiger partial charge in [0.25, 0.3) is 5.91 Å². The lowest BCUT2D eigenvalue weighted by molar-refractivity contribution is -0.138. The Hall–Kier alpha value is -3.23. The van der Waals surface area contributed by atoms with Gasteiger partial charge in [-0.1, -0.05) is 60.7 Å². The molecule has 0 unspecified atom stereocenters. The molecule has 0 aromatic heterocycles. The van der Waals surface area contributed by atoms with Crippen LogP contribution in [0.15, 0.2) is 60.7 Å². The molecule has 2 aromatic carbocycles. The molecule has 29 heavy (non-hydrogen) atoms. The molecular formula is C21H22N4O4. The number of amides is 4. The summed E-state index contributed by atoms with van der Waals surface area (Å²) in [6.07, 6.45) is -0.752. The van der Waals surface area contributed by atoms with Crippen molar-refractivity contribution >= 4 is 17.8 Å². The molecule has 4 amide bonds. The van der Waals surface area contributed by atoms with Crippen LogP contribution >= 0.6 is 0 Å². The zero-order valence-corrected chi connectivity index (χ0v) is 15.8. The second-order valence-electron chi connectivity index (χ2n) is 7.13. The van der Waals surface area contributed by atoms with Crippen LogP contribution in [-0.4, -0.2) is 60.1 Å². The van der Waals surface area contributed by atoms with Crippen molar-refractivity contribution in [3.8, 4) is 0 Å². The lowest BCUT2D eigenvalue weighted by Gasteiger charge is -2.33. The van der Waals surface area contributed by atoms with Crippen molar-refractivity contribution in [3.63, 3.8) is 0 Å². The third-order valence-corrected chi connectivity index (χ3v) is 5.33. The zero-order chi connectivity index (χ0) is 20.4. The number of urea groups is 1. The van der Waals surface area contributed by atoms with E-state index < -0.39 is 23.6 Å². The Balaban J connectivity index is 1.66. The van der Waals surface area contributed by atoms with Gasteiger partial charge in [-0.3, -0.25) is 14.5 Å². The van der Waals surface area contributed by atoms with Crippen LogP contribution in [0.25, 0.3) is 0 Å². The largest absolute Gasteiger partial charge is 0.367 e. The molecule has 3 N–H and O–H groups in total. The summed E-state index contributed by atoms with van der Waals surface area (Å²) in [5, 5.41) is 2.91. The van der Waals surface area contributed by atoms with E-state index >= 15 is 0 Å². The fourth-order valence-corrected chi connectivity index (χ4v) is 3.84. The van der Waals surface area contributed by atoms with E-state index in [0.29, 0.717) is 24.3 Å². The average molecular weight is 394 g/mol. The summed E-state index contributed by atoms with van der Waals surface area (Å²) in [5.74, 6) is -0.920. The highest BCUT2D eigenvalue weighted by atomic mass is 16.5. The number of primary amides is 1. The summed E-state index contributed by atoms with van der Waals surface area (Å²) in [4.78, 5) is 41.0. The standard InChI is InChI=1S/C21H22N4O4/c22-18(26)17-13-24(11-12-29-17)14-25-19(27)21(23-20(25)28,15-7-3-1-4-8-15)16-9-5-2-6-10-16/h1-10,17H,11-14H2,(H2,22,26)(H,23,28)/t17-/m0/s1. The molecule has 2 saturated heterocycles. The first-order valence-corrected chi connectivity index (χ1v) is 9.41. The van der Waals surface area contributed by atoms with Gasteiger partial charge in [-0.25, -0.2) is 9.69 Å². The Kier molecular flexibility index (Phi) is 5.04. The van der Waals surface area contributed by atoms with E-state index in [1.165, 1.54) is 4.90 Å². The first-order valence-electron chi connectivity index (χ1n) is 9.41. The van der Waals surface area contributed by atoms with Gasteiger partial charge in [0.05, 0.1) is 13.3 Å². The Morgan fingerprint density at radius 2 is 1.66 bits per heavy atom. The van der Waals surface area contributed by atoms with Crippen LogP contribution in [-0.2, 0) is 19.9 Å². The highest BCUT2D eigenvalue weighted by Crippen LogP contribution is 2.36. The van der Waals surface area contributed by atoms with Crippen LogP contribution in [0, 0.1) is 0 Å². The van der Waals surface area contributed by atoms with Crippen molar-refractivity contribution in [3.05, 3.63) is 71.8 Å². The van der Waals surface area contributed by atoms with Gasteiger partial charge in [0.1, 0.15) is 6.10 Å². The smallest absolute Gasteiger partial charge is 0.326 e. The van der Waals surface area contributed by atoms with E-state index in [1.807, 2.05) is 65.6 Å². The van der Waals surface area contributed by atoms with Crippen molar-refractivity contribution in [1.82, 2.24) is 15.1 Å². The number of hydrogen-bond acceptors (Lipinski definition) is 5. The second-order valence-corrected chi connectivity index (χ2v) is 7.13. The summed E-state index contributed by atoms with van der Waals surface area (Å²) < 4.78 is 5.35. The first-order chi connectivity index (χ1) is 14.0. The number of nitrogens with one attached hydrogen (secondary N) is 1. The van der Waals surface area contributed by atoms with Gasteiger partial charge in [0, 0.05) is 13.1 Å². The van der Waals surface area contributed by atoms with Gasteiger partial charge in [-0.05, 0) is 11.1 Å². The molecule has 8 heteroatoms. The molecule has 1 atom stereocenters. The Morgan fingerprint density at radius 1 is 1.07 bits per heavy atom. The highest BCUT2D eigenvalue weighted by molar-refractivity contribution is 6.09. The summed E-state index contributed by atoms with van der Waals surface area (Å²) in [6, 6.07) is 17.9. The number of ether oxygens (including phenoxy) is 1. The van der Waals surface area contributed by atoms with E-state index in [2.05, 4.69) is 5.32 Å². The molecular weight excluding hydrogens is 372 g/mol. The molecule has 2 fully saturated rings. The van der Waals surface area contributed by atoms with Crippen molar-refractivity contribution in [1.29, 1.82) is 0 Å². The quantitative estimate of drug-likeness (QED) is 0.724. The maximum absolute atomic E-state index is 13.6. The third-order valence-electron chi connectivity index (χ3n) is 5.33. The summed E-state index contributed by atoms with van der Waals surface area (Å²) in [5.41, 5.74) is 5.41.